The molecule has 18 heavy (non-hydrogen) atoms. The second-order valence-corrected chi connectivity index (χ2v) is 5.29. The summed E-state index contributed by atoms with van der Waals surface area (Å²) in [6.45, 7) is 6.72. The topological polar surface area (TPSA) is 32.3 Å². The van der Waals surface area contributed by atoms with Crippen LogP contribution in [0.3, 0.4) is 0 Å². The Labute approximate surface area is 111 Å². The number of rotatable bonds is 8. The van der Waals surface area contributed by atoms with Crippen molar-refractivity contribution in [2.24, 2.45) is 5.92 Å². The second kappa shape index (κ2) is 8.28. The summed E-state index contributed by atoms with van der Waals surface area (Å²) in [4.78, 5) is 0. The third-order valence-corrected chi connectivity index (χ3v) is 3.60. The third kappa shape index (κ3) is 5.19. The summed E-state index contributed by atoms with van der Waals surface area (Å²) in [6, 6.07) is 11.5. The molecule has 0 bridgehead atoms. The van der Waals surface area contributed by atoms with Gasteiger partial charge in [-0.2, -0.15) is 0 Å². The maximum Gasteiger partial charge on any atom is 0.0471 e. The second-order valence-electron chi connectivity index (χ2n) is 5.29. The minimum absolute atomic E-state index is 0.248. The molecule has 2 heteroatoms. The first-order chi connectivity index (χ1) is 8.67. The summed E-state index contributed by atoms with van der Waals surface area (Å²) in [5.74, 6) is 0.306. The van der Waals surface area contributed by atoms with Crippen LogP contribution in [-0.4, -0.2) is 23.8 Å². The van der Waals surface area contributed by atoms with Crippen molar-refractivity contribution in [2.45, 2.75) is 52.1 Å². The molecule has 0 aliphatic carbocycles. The minimum Gasteiger partial charge on any atom is -0.396 e. The molecule has 0 aliphatic heterocycles. The van der Waals surface area contributed by atoms with Gasteiger partial charge in [0.1, 0.15) is 0 Å². The van der Waals surface area contributed by atoms with E-state index >= 15 is 0 Å². The van der Waals surface area contributed by atoms with Gasteiger partial charge in [-0.15, -0.1) is 0 Å². The van der Waals surface area contributed by atoms with Gasteiger partial charge in [0.05, 0.1) is 0 Å². The van der Waals surface area contributed by atoms with E-state index < -0.39 is 0 Å². The molecule has 102 valence electrons. The van der Waals surface area contributed by atoms with Gasteiger partial charge >= 0.3 is 0 Å². The Morgan fingerprint density at radius 3 is 2.39 bits per heavy atom. The molecule has 0 radical (unpaired) electrons. The normalized spacial score (nSPS) is 16.2. The van der Waals surface area contributed by atoms with Gasteiger partial charge in [-0.05, 0) is 31.2 Å². The standard InChI is InChI=1S/C16H27NO/c1-4-8-16(17-14(3)13(2)12-18)11-15-9-6-5-7-10-15/h5-7,9-10,13-14,16-18H,4,8,11-12H2,1-3H3. The fourth-order valence-corrected chi connectivity index (χ4v) is 2.19. The van der Waals surface area contributed by atoms with E-state index in [1.807, 2.05) is 0 Å². The molecule has 1 rings (SSSR count). The van der Waals surface area contributed by atoms with Crippen LogP contribution in [0.25, 0.3) is 0 Å². The molecular formula is C16H27NO. The number of aliphatic hydroxyl groups is 1. The molecule has 3 atom stereocenters. The predicted molar refractivity (Wildman–Crippen MR) is 77.7 cm³/mol. The highest BCUT2D eigenvalue weighted by molar-refractivity contribution is 5.15. The van der Waals surface area contributed by atoms with Crippen LogP contribution < -0.4 is 5.32 Å². The van der Waals surface area contributed by atoms with Gasteiger partial charge in [-0.3, -0.25) is 0 Å². The van der Waals surface area contributed by atoms with Gasteiger partial charge in [0.2, 0.25) is 0 Å². The van der Waals surface area contributed by atoms with Crippen molar-refractivity contribution in [3.8, 4) is 0 Å². The van der Waals surface area contributed by atoms with Gasteiger partial charge in [-0.25, -0.2) is 0 Å². The van der Waals surface area contributed by atoms with Gasteiger partial charge in [0.15, 0.2) is 0 Å². The molecule has 0 amide bonds. The molecule has 0 fully saturated rings. The third-order valence-electron chi connectivity index (χ3n) is 3.60. The summed E-state index contributed by atoms with van der Waals surface area (Å²) in [7, 11) is 0. The first kappa shape index (κ1) is 15.2. The lowest BCUT2D eigenvalue weighted by molar-refractivity contribution is 0.199. The number of hydrogen-bond donors (Lipinski definition) is 2. The van der Waals surface area contributed by atoms with Crippen molar-refractivity contribution in [1.82, 2.24) is 5.32 Å². The molecule has 1 aromatic carbocycles. The molecule has 0 spiro atoms. The molecule has 1 aromatic rings. The zero-order valence-corrected chi connectivity index (χ0v) is 11.9. The van der Waals surface area contributed by atoms with Crippen LogP contribution in [0.2, 0.25) is 0 Å². The van der Waals surface area contributed by atoms with E-state index in [0.29, 0.717) is 18.0 Å². The molecule has 0 saturated heterocycles. The first-order valence-corrected chi connectivity index (χ1v) is 7.08. The number of hydrogen-bond acceptors (Lipinski definition) is 2. The van der Waals surface area contributed by atoms with Crippen molar-refractivity contribution in [1.29, 1.82) is 0 Å². The van der Waals surface area contributed by atoms with E-state index in [4.69, 9.17) is 0 Å². The quantitative estimate of drug-likeness (QED) is 0.742. The van der Waals surface area contributed by atoms with Gasteiger partial charge < -0.3 is 10.4 Å². The Morgan fingerprint density at radius 2 is 1.83 bits per heavy atom. The largest absolute Gasteiger partial charge is 0.396 e. The zero-order chi connectivity index (χ0) is 13.4. The lowest BCUT2D eigenvalue weighted by atomic mass is 9.98. The SMILES string of the molecule is CCCC(Cc1ccccc1)NC(C)C(C)CO. The maximum atomic E-state index is 9.20. The Hall–Kier alpha value is -0.860. The molecule has 2 N–H and O–H groups in total. The van der Waals surface area contributed by atoms with E-state index in [0.717, 1.165) is 6.42 Å². The van der Waals surface area contributed by atoms with E-state index in [1.54, 1.807) is 0 Å². The van der Waals surface area contributed by atoms with Crippen LogP contribution in [0.5, 0.6) is 0 Å². The summed E-state index contributed by atoms with van der Waals surface area (Å²) < 4.78 is 0. The average Bonchev–Trinajstić information content (AvgIpc) is 2.39. The van der Waals surface area contributed by atoms with Gasteiger partial charge in [0, 0.05) is 18.7 Å². The zero-order valence-electron chi connectivity index (χ0n) is 11.9. The van der Waals surface area contributed by atoms with Crippen LogP contribution in [0.15, 0.2) is 30.3 Å². The van der Waals surface area contributed by atoms with Crippen LogP contribution in [0.1, 0.15) is 39.2 Å². The molecular weight excluding hydrogens is 222 g/mol. The Kier molecular flexibility index (Phi) is 6.99. The lowest BCUT2D eigenvalue weighted by Gasteiger charge is -2.26. The highest BCUT2D eigenvalue weighted by atomic mass is 16.3. The number of nitrogens with one attached hydrogen (secondary N) is 1. The molecule has 0 aliphatic rings. The Bertz CT molecular complexity index is 312. The molecule has 2 nitrogen and oxygen atoms in total. The molecule has 0 heterocycles. The van der Waals surface area contributed by atoms with Crippen LogP contribution in [-0.2, 0) is 6.42 Å². The molecule has 0 aromatic heterocycles. The van der Waals surface area contributed by atoms with Crippen molar-refractivity contribution < 1.29 is 5.11 Å². The van der Waals surface area contributed by atoms with Gasteiger partial charge in [0.25, 0.3) is 0 Å². The Morgan fingerprint density at radius 1 is 1.17 bits per heavy atom. The summed E-state index contributed by atoms with van der Waals surface area (Å²) in [6.07, 6.45) is 3.43. The predicted octanol–water partition coefficient (Wildman–Crippen LogP) is 3.00. The van der Waals surface area contributed by atoms with Crippen LogP contribution in [0, 0.1) is 5.92 Å². The fraction of sp³-hybridized carbons (Fsp3) is 0.625. The van der Waals surface area contributed by atoms with E-state index in [1.165, 1.54) is 18.4 Å². The average molecular weight is 249 g/mol. The first-order valence-electron chi connectivity index (χ1n) is 7.08. The molecule has 0 saturated carbocycles. The van der Waals surface area contributed by atoms with Crippen LogP contribution >= 0.6 is 0 Å². The lowest BCUT2D eigenvalue weighted by Crippen LogP contribution is -2.42. The van der Waals surface area contributed by atoms with E-state index in [9.17, 15) is 5.11 Å². The van der Waals surface area contributed by atoms with Crippen molar-refractivity contribution in [3.05, 3.63) is 35.9 Å². The molecule has 3 unspecified atom stereocenters. The van der Waals surface area contributed by atoms with Crippen molar-refractivity contribution in [2.75, 3.05) is 6.61 Å². The minimum atomic E-state index is 0.248. The van der Waals surface area contributed by atoms with Crippen molar-refractivity contribution in [3.63, 3.8) is 0 Å². The summed E-state index contributed by atoms with van der Waals surface area (Å²) in [5.41, 5.74) is 1.38. The summed E-state index contributed by atoms with van der Waals surface area (Å²) in [5, 5.41) is 12.9. The highest BCUT2D eigenvalue weighted by Crippen LogP contribution is 2.10. The fourth-order valence-electron chi connectivity index (χ4n) is 2.19. The highest BCUT2D eigenvalue weighted by Gasteiger charge is 2.16. The van der Waals surface area contributed by atoms with Gasteiger partial charge in [-0.1, -0.05) is 50.6 Å². The van der Waals surface area contributed by atoms with E-state index in [2.05, 4.69) is 56.4 Å². The van der Waals surface area contributed by atoms with E-state index in [-0.39, 0.29) is 6.61 Å². The Balaban J connectivity index is 2.54. The smallest absolute Gasteiger partial charge is 0.0471 e. The number of aliphatic hydroxyl groups excluding tert-OH is 1. The van der Waals surface area contributed by atoms with Crippen molar-refractivity contribution >= 4 is 0 Å². The maximum absolute atomic E-state index is 9.20. The number of benzene rings is 1. The monoisotopic (exact) mass is 249 g/mol. The summed E-state index contributed by atoms with van der Waals surface area (Å²) >= 11 is 0. The van der Waals surface area contributed by atoms with Crippen LogP contribution in [0.4, 0.5) is 0 Å².